The van der Waals surface area contributed by atoms with E-state index in [-0.39, 0.29) is 0 Å². The minimum absolute atomic E-state index is 0.558. The molecule has 1 heterocycles. The summed E-state index contributed by atoms with van der Waals surface area (Å²) in [5, 5.41) is 0. The van der Waals surface area contributed by atoms with E-state index in [1.807, 2.05) is 0 Å². The highest BCUT2D eigenvalue weighted by Gasteiger charge is 2.25. The average Bonchev–Trinajstić information content (AvgIpc) is 2.01. The van der Waals surface area contributed by atoms with Gasteiger partial charge < -0.3 is 0 Å². The molecule has 2 atom stereocenters. The van der Waals surface area contributed by atoms with Crippen molar-refractivity contribution in [3.05, 3.63) is 0 Å². The summed E-state index contributed by atoms with van der Waals surface area (Å²) in [5.41, 5.74) is 0. The minimum Gasteiger partial charge on any atom is -0.298 e. The van der Waals surface area contributed by atoms with E-state index in [4.69, 9.17) is 0 Å². The molecule has 0 aromatic rings. The molecule has 0 saturated carbocycles. The molecule has 0 radical (unpaired) electrons. The fourth-order valence-corrected chi connectivity index (χ4v) is 2.34. The van der Waals surface area contributed by atoms with E-state index in [0.29, 0.717) is 18.6 Å². The lowest BCUT2D eigenvalue weighted by Gasteiger charge is -2.42. The normalized spacial score (nSPS) is 28.3. The molecule has 0 aliphatic carbocycles. The number of hydrogen-bond acceptors (Lipinski definition) is 2. The van der Waals surface area contributed by atoms with Gasteiger partial charge in [-0.05, 0) is 27.7 Å². The van der Waals surface area contributed by atoms with Crippen LogP contribution in [0.3, 0.4) is 0 Å². The Bertz CT molecular complexity index is 171. The summed E-state index contributed by atoms with van der Waals surface area (Å²) in [6, 6.07) is 1.16. The van der Waals surface area contributed by atoms with Crippen molar-refractivity contribution < 1.29 is 4.39 Å². The standard InChI is InChI=1S/C11H23FN2/c1-9(2)14-6-5-13(7-10(3)12)8-11(14)4/h9-11H,5-8H2,1-4H3/t10?,11-/m1/s1. The van der Waals surface area contributed by atoms with Crippen LogP contribution < -0.4 is 0 Å². The zero-order chi connectivity index (χ0) is 10.7. The van der Waals surface area contributed by atoms with Gasteiger partial charge in [0, 0.05) is 38.3 Å². The third kappa shape index (κ3) is 3.21. The summed E-state index contributed by atoms with van der Waals surface area (Å²) in [6.45, 7) is 12.0. The molecular weight excluding hydrogens is 179 g/mol. The smallest absolute Gasteiger partial charge is 0.110 e. The van der Waals surface area contributed by atoms with E-state index in [2.05, 4.69) is 30.6 Å². The lowest BCUT2D eigenvalue weighted by molar-refractivity contribution is 0.0494. The summed E-state index contributed by atoms with van der Waals surface area (Å²) < 4.78 is 12.8. The molecule has 14 heavy (non-hydrogen) atoms. The SMILES string of the molecule is CC(F)CN1CCN(C(C)C)[C@H](C)C1. The van der Waals surface area contributed by atoms with Gasteiger partial charge in [-0.2, -0.15) is 0 Å². The maximum atomic E-state index is 12.8. The van der Waals surface area contributed by atoms with Crippen molar-refractivity contribution in [3.63, 3.8) is 0 Å². The Morgan fingerprint density at radius 2 is 1.93 bits per heavy atom. The van der Waals surface area contributed by atoms with Crippen molar-refractivity contribution in [1.29, 1.82) is 0 Å². The van der Waals surface area contributed by atoms with E-state index in [9.17, 15) is 4.39 Å². The maximum absolute atomic E-state index is 12.8. The van der Waals surface area contributed by atoms with Crippen LogP contribution in [0.15, 0.2) is 0 Å². The van der Waals surface area contributed by atoms with Crippen LogP contribution in [0.1, 0.15) is 27.7 Å². The van der Waals surface area contributed by atoms with Gasteiger partial charge in [0.05, 0.1) is 0 Å². The monoisotopic (exact) mass is 202 g/mol. The largest absolute Gasteiger partial charge is 0.298 e. The average molecular weight is 202 g/mol. The number of nitrogens with zero attached hydrogens (tertiary/aromatic N) is 2. The van der Waals surface area contributed by atoms with E-state index < -0.39 is 6.17 Å². The van der Waals surface area contributed by atoms with Gasteiger partial charge in [-0.3, -0.25) is 9.80 Å². The zero-order valence-electron chi connectivity index (χ0n) is 9.83. The first-order chi connectivity index (χ1) is 6.50. The number of halogens is 1. The van der Waals surface area contributed by atoms with Crippen LogP contribution in [-0.4, -0.2) is 54.2 Å². The van der Waals surface area contributed by atoms with Gasteiger partial charge in [-0.15, -0.1) is 0 Å². The Labute approximate surface area is 87.1 Å². The number of rotatable bonds is 3. The number of hydrogen-bond donors (Lipinski definition) is 0. The molecule has 0 bridgehead atoms. The second-order valence-electron chi connectivity index (χ2n) is 4.72. The predicted molar refractivity (Wildman–Crippen MR) is 58.3 cm³/mol. The van der Waals surface area contributed by atoms with E-state index in [1.54, 1.807) is 6.92 Å². The lowest BCUT2D eigenvalue weighted by Crippen LogP contribution is -2.54. The van der Waals surface area contributed by atoms with Crippen molar-refractivity contribution in [3.8, 4) is 0 Å². The Hall–Kier alpha value is -0.150. The van der Waals surface area contributed by atoms with Gasteiger partial charge >= 0.3 is 0 Å². The zero-order valence-corrected chi connectivity index (χ0v) is 9.83. The fraction of sp³-hybridized carbons (Fsp3) is 1.00. The van der Waals surface area contributed by atoms with Crippen LogP contribution >= 0.6 is 0 Å². The highest BCUT2D eigenvalue weighted by atomic mass is 19.1. The predicted octanol–water partition coefficient (Wildman–Crippen LogP) is 1.76. The third-order valence-corrected chi connectivity index (χ3v) is 2.94. The van der Waals surface area contributed by atoms with Crippen molar-refractivity contribution in [2.75, 3.05) is 26.2 Å². The first-order valence-corrected chi connectivity index (χ1v) is 5.63. The molecule has 2 nitrogen and oxygen atoms in total. The molecule has 84 valence electrons. The van der Waals surface area contributed by atoms with Crippen LogP contribution in [0.5, 0.6) is 0 Å². The molecule has 0 aromatic carbocycles. The second kappa shape index (κ2) is 5.08. The van der Waals surface area contributed by atoms with Crippen LogP contribution in [0, 0.1) is 0 Å². The summed E-state index contributed by atoms with van der Waals surface area (Å²) in [5.74, 6) is 0. The molecule has 1 rings (SSSR count). The minimum atomic E-state index is -0.701. The van der Waals surface area contributed by atoms with Crippen LogP contribution in [-0.2, 0) is 0 Å². The molecule has 0 amide bonds. The maximum Gasteiger partial charge on any atom is 0.110 e. The Balaban J connectivity index is 2.39. The topological polar surface area (TPSA) is 6.48 Å². The lowest BCUT2D eigenvalue weighted by atomic mass is 10.1. The molecule has 0 N–H and O–H groups in total. The molecule has 1 fully saturated rings. The van der Waals surface area contributed by atoms with Gasteiger partial charge in [0.1, 0.15) is 6.17 Å². The summed E-state index contributed by atoms with van der Waals surface area (Å²) in [4.78, 5) is 4.72. The van der Waals surface area contributed by atoms with Gasteiger partial charge in [-0.1, -0.05) is 0 Å². The number of alkyl halides is 1. The summed E-state index contributed by atoms with van der Waals surface area (Å²) >= 11 is 0. The Kier molecular flexibility index (Phi) is 4.32. The van der Waals surface area contributed by atoms with Crippen LogP contribution in [0.2, 0.25) is 0 Å². The van der Waals surface area contributed by atoms with Crippen molar-refractivity contribution in [2.45, 2.75) is 46.0 Å². The van der Waals surface area contributed by atoms with Gasteiger partial charge in [0.15, 0.2) is 0 Å². The molecule has 1 saturated heterocycles. The highest BCUT2D eigenvalue weighted by Crippen LogP contribution is 2.13. The van der Waals surface area contributed by atoms with Crippen molar-refractivity contribution in [2.24, 2.45) is 0 Å². The second-order valence-corrected chi connectivity index (χ2v) is 4.72. The fourth-order valence-electron chi connectivity index (χ4n) is 2.34. The van der Waals surface area contributed by atoms with Gasteiger partial charge in [0.25, 0.3) is 0 Å². The molecule has 3 heteroatoms. The van der Waals surface area contributed by atoms with Crippen LogP contribution in [0.4, 0.5) is 4.39 Å². The number of piperazine rings is 1. The Morgan fingerprint density at radius 1 is 1.29 bits per heavy atom. The van der Waals surface area contributed by atoms with Crippen molar-refractivity contribution in [1.82, 2.24) is 9.80 Å². The molecule has 1 unspecified atom stereocenters. The van der Waals surface area contributed by atoms with Crippen molar-refractivity contribution >= 4 is 0 Å². The van der Waals surface area contributed by atoms with Gasteiger partial charge in [-0.25, -0.2) is 4.39 Å². The third-order valence-electron chi connectivity index (χ3n) is 2.94. The molecule has 0 aromatic heterocycles. The van der Waals surface area contributed by atoms with Crippen LogP contribution in [0.25, 0.3) is 0 Å². The van der Waals surface area contributed by atoms with E-state index in [0.717, 1.165) is 19.6 Å². The van der Waals surface area contributed by atoms with E-state index >= 15 is 0 Å². The first kappa shape index (κ1) is 11.9. The molecule has 1 aliphatic rings. The Morgan fingerprint density at radius 3 is 2.36 bits per heavy atom. The van der Waals surface area contributed by atoms with Gasteiger partial charge in [0.2, 0.25) is 0 Å². The highest BCUT2D eigenvalue weighted by molar-refractivity contribution is 4.81. The summed E-state index contributed by atoms with van der Waals surface area (Å²) in [7, 11) is 0. The van der Waals surface area contributed by atoms with E-state index in [1.165, 1.54) is 0 Å². The quantitative estimate of drug-likeness (QED) is 0.688. The summed E-state index contributed by atoms with van der Waals surface area (Å²) in [6.07, 6.45) is -0.701. The first-order valence-electron chi connectivity index (χ1n) is 5.63. The molecule has 0 spiro atoms. The molecular formula is C11H23FN2. The molecule has 1 aliphatic heterocycles.